The third-order valence-electron chi connectivity index (χ3n) is 3.04. The van der Waals surface area contributed by atoms with Crippen LogP contribution in [0.5, 0.6) is 0 Å². The number of hydrogen-bond acceptors (Lipinski definition) is 7. The summed E-state index contributed by atoms with van der Waals surface area (Å²) in [5.74, 6) is -2.71. The summed E-state index contributed by atoms with van der Waals surface area (Å²) >= 11 is 0. The van der Waals surface area contributed by atoms with Crippen molar-refractivity contribution in [2.24, 2.45) is 0 Å². The number of anilines is 1. The average Bonchev–Trinajstić information content (AvgIpc) is 2.45. The number of ether oxygens (including phenoxy) is 2. The van der Waals surface area contributed by atoms with Crippen LogP contribution < -0.4 is 5.32 Å². The van der Waals surface area contributed by atoms with Crippen LogP contribution in [0.25, 0.3) is 10.9 Å². The average molecular weight is 299 g/mol. The molecule has 1 N–H and O–H groups in total. The first-order chi connectivity index (χ1) is 10.5. The molecule has 1 aliphatic rings. The van der Waals surface area contributed by atoms with E-state index in [0.717, 1.165) is 10.9 Å². The Morgan fingerprint density at radius 3 is 2.64 bits per heavy atom. The predicted molar refractivity (Wildman–Crippen MR) is 77.5 cm³/mol. The lowest BCUT2D eigenvalue weighted by molar-refractivity contribution is -0.222. The van der Waals surface area contributed by atoms with Gasteiger partial charge in [0.2, 0.25) is 0 Å². The van der Waals surface area contributed by atoms with Gasteiger partial charge in [0.25, 0.3) is 5.79 Å². The summed E-state index contributed by atoms with van der Waals surface area (Å²) in [6.07, 6.45) is 4.36. The number of fused-ring (bicyclic) bond motifs is 1. The minimum absolute atomic E-state index is 0.201. The van der Waals surface area contributed by atoms with Gasteiger partial charge in [-0.2, -0.15) is 0 Å². The van der Waals surface area contributed by atoms with E-state index in [0.29, 0.717) is 5.69 Å². The Kier molecular flexibility index (Phi) is 3.25. The van der Waals surface area contributed by atoms with E-state index >= 15 is 0 Å². The van der Waals surface area contributed by atoms with Gasteiger partial charge in [0, 0.05) is 37.3 Å². The Hall–Kier alpha value is -2.96. The summed E-state index contributed by atoms with van der Waals surface area (Å²) in [4.78, 5) is 31.8. The summed E-state index contributed by atoms with van der Waals surface area (Å²) in [6, 6.07) is 5.42. The van der Waals surface area contributed by atoms with Crippen LogP contribution >= 0.6 is 0 Å². The first-order valence-electron chi connectivity index (χ1n) is 6.58. The number of carbonyl (C=O) groups is 2. The summed E-state index contributed by atoms with van der Waals surface area (Å²) in [5, 5.41) is 3.67. The van der Waals surface area contributed by atoms with Crippen LogP contribution in [-0.2, 0) is 19.1 Å². The number of esters is 2. The van der Waals surface area contributed by atoms with E-state index < -0.39 is 17.7 Å². The van der Waals surface area contributed by atoms with Gasteiger partial charge in [0.05, 0.1) is 5.52 Å². The maximum Gasteiger partial charge on any atom is 0.350 e. The second-order valence-electron chi connectivity index (χ2n) is 5.14. The summed E-state index contributed by atoms with van der Waals surface area (Å²) in [7, 11) is 0. The molecular weight excluding hydrogens is 286 g/mol. The van der Waals surface area contributed by atoms with Gasteiger partial charge in [-0.25, -0.2) is 19.6 Å². The summed E-state index contributed by atoms with van der Waals surface area (Å²) in [5.41, 5.74) is 1.21. The van der Waals surface area contributed by atoms with Crippen molar-refractivity contribution in [3.05, 3.63) is 42.5 Å². The molecule has 1 saturated heterocycles. The van der Waals surface area contributed by atoms with Crippen molar-refractivity contribution in [1.29, 1.82) is 0 Å². The molecule has 0 aliphatic carbocycles. The zero-order valence-corrected chi connectivity index (χ0v) is 12.0. The summed E-state index contributed by atoms with van der Waals surface area (Å²) in [6.45, 7) is 2.99. The highest BCUT2D eigenvalue weighted by Crippen LogP contribution is 2.24. The van der Waals surface area contributed by atoms with E-state index in [4.69, 9.17) is 9.47 Å². The molecule has 0 atom stereocenters. The fraction of sp³-hybridized carbons (Fsp3) is 0.200. The standard InChI is InChI=1S/C15H13N3O4/c1-15(2)21-13(19)10(14(20)22-15)7-17-11-4-3-5-12-9(11)6-16-8-18-12/h3-8,17H,1-2H3. The monoisotopic (exact) mass is 299 g/mol. The molecular formula is C15H13N3O4. The van der Waals surface area contributed by atoms with Crippen molar-refractivity contribution in [2.75, 3.05) is 5.32 Å². The fourth-order valence-electron chi connectivity index (χ4n) is 2.06. The normalized spacial score (nSPS) is 16.9. The quantitative estimate of drug-likeness (QED) is 0.513. The fourth-order valence-corrected chi connectivity index (χ4v) is 2.06. The van der Waals surface area contributed by atoms with Crippen molar-refractivity contribution >= 4 is 28.5 Å². The first kappa shape index (κ1) is 14.0. The van der Waals surface area contributed by atoms with Crippen molar-refractivity contribution in [3.8, 4) is 0 Å². The van der Waals surface area contributed by atoms with E-state index in [9.17, 15) is 9.59 Å². The SMILES string of the molecule is CC1(C)OC(=O)C(=CNc2cccc3ncncc23)C(=O)O1. The number of rotatable bonds is 2. The molecule has 112 valence electrons. The molecule has 0 bridgehead atoms. The lowest BCUT2D eigenvalue weighted by atomic mass is 10.2. The lowest BCUT2D eigenvalue weighted by Crippen LogP contribution is -2.42. The van der Waals surface area contributed by atoms with Crippen LogP contribution in [0.15, 0.2) is 42.5 Å². The molecule has 0 unspecified atom stereocenters. The van der Waals surface area contributed by atoms with Crippen molar-refractivity contribution < 1.29 is 19.1 Å². The molecule has 1 aromatic carbocycles. The number of benzene rings is 1. The van der Waals surface area contributed by atoms with E-state index in [-0.39, 0.29) is 5.57 Å². The Bertz CT molecular complexity index is 771. The molecule has 0 saturated carbocycles. The molecule has 0 spiro atoms. The minimum Gasteiger partial charge on any atom is -0.419 e. The largest absolute Gasteiger partial charge is 0.419 e. The molecule has 1 fully saturated rings. The van der Waals surface area contributed by atoms with Gasteiger partial charge in [-0.1, -0.05) is 6.07 Å². The van der Waals surface area contributed by atoms with Crippen molar-refractivity contribution in [2.45, 2.75) is 19.6 Å². The molecule has 7 nitrogen and oxygen atoms in total. The molecule has 2 aromatic rings. The van der Waals surface area contributed by atoms with E-state index in [2.05, 4.69) is 15.3 Å². The van der Waals surface area contributed by atoms with Crippen molar-refractivity contribution in [3.63, 3.8) is 0 Å². The van der Waals surface area contributed by atoms with Crippen LogP contribution in [0.2, 0.25) is 0 Å². The zero-order valence-electron chi connectivity index (χ0n) is 12.0. The highest BCUT2D eigenvalue weighted by Gasteiger charge is 2.38. The van der Waals surface area contributed by atoms with E-state index in [1.54, 1.807) is 18.3 Å². The van der Waals surface area contributed by atoms with Gasteiger partial charge in [-0.15, -0.1) is 0 Å². The van der Waals surface area contributed by atoms with Crippen LogP contribution in [0.1, 0.15) is 13.8 Å². The zero-order chi connectivity index (χ0) is 15.7. The summed E-state index contributed by atoms with van der Waals surface area (Å²) < 4.78 is 10.0. The molecule has 0 radical (unpaired) electrons. The number of nitrogens with one attached hydrogen (secondary N) is 1. The molecule has 1 aromatic heterocycles. The highest BCUT2D eigenvalue weighted by atomic mass is 16.7. The first-order valence-corrected chi connectivity index (χ1v) is 6.58. The van der Waals surface area contributed by atoms with Gasteiger partial charge >= 0.3 is 11.9 Å². The van der Waals surface area contributed by atoms with Crippen LogP contribution in [0, 0.1) is 0 Å². The van der Waals surface area contributed by atoms with Crippen LogP contribution in [0.4, 0.5) is 5.69 Å². The molecule has 2 heterocycles. The Labute approximate surface area is 126 Å². The molecule has 3 rings (SSSR count). The number of hydrogen-bond donors (Lipinski definition) is 1. The van der Waals surface area contributed by atoms with Crippen LogP contribution in [0.3, 0.4) is 0 Å². The lowest BCUT2D eigenvalue weighted by Gasteiger charge is -2.29. The topological polar surface area (TPSA) is 90.4 Å². The molecule has 1 aliphatic heterocycles. The molecule has 7 heteroatoms. The smallest absolute Gasteiger partial charge is 0.350 e. The van der Waals surface area contributed by atoms with E-state index in [1.165, 1.54) is 26.4 Å². The van der Waals surface area contributed by atoms with E-state index in [1.807, 2.05) is 6.07 Å². The number of aromatic nitrogens is 2. The highest BCUT2D eigenvalue weighted by molar-refractivity contribution is 6.15. The second kappa shape index (κ2) is 5.10. The number of nitrogens with zero attached hydrogens (tertiary/aromatic N) is 2. The second-order valence-corrected chi connectivity index (χ2v) is 5.14. The van der Waals surface area contributed by atoms with Gasteiger partial charge in [-0.3, -0.25) is 0 Å². The minimum atomic E-state index is -1.25. The maximum absolute atomic E-state index is 11.8. The number of carbonyl (C=O) groups excluding carboxylic acids is 2. The van der Waals surface area contributed by atoms with Gasteiger partial charge < -0.3 is 14.8 Å². The van der Waals surface area contributed by atoms with Crippen LogP contribution in [-0.4, -0.2) is 27.7 Å². The van der Waals surface area contributed by atoms with Gasteiger partial charge in [-0.05, 0) is 12.1 Å². The van der Waals surface area contributed by atoms with Gasteiger partial charge in [0.15, 0.2) is 5.57 Å². The Morgan fingerprint density at radius 1 is 1.18 bits per heavy atom. The predicted octanol–water partition coefficient (Wildman–Crippen LogP) is 1.76. The Balaban J connectivity index is 1.90. The Morgan fingerprint density at radius 2 is 1.91 bits per heavy atom. The molecule has 0 amide bonds. The molecule has 22 heavy (non-hydrogen) atoms. The number of cyclic esters (lactones) is 2. The third kappa shape index (κ3) is 2.60. The van der Waals surface area contributed by atoms with Crippen molar-refractivity contribution in [1.82, 2.24) is 9.97 Å². The van der Waals surface area contributed by atoms with Gasteiger partial charge in [0.1, 0.15) is 6.33 Å². The third-order valence-corrected chi connectivity index (χ3v) is 3.04. The maximum atomic E-state index is 11.8.